The number of alkyl halides is 3. The van der Waals surface area contributed by atoms with E-state index in [1.807, 2.05) is 0 Å². The molecule has 0 amide bonds. The Morgan fingerprint density at radius 1 is 1.12 bits per heavy atom. The summed E-state index contributed by atoms with van der Waals surface area (Å²) >= 11 is 11.9. The Morgan fingerprint density at radius 3 is 2.27 bits per heavy atom. The number of aromatic nitrogens is 4. The zero-order valence-electron chi connectivity index (χ0n) is 12.4. The SMILES string of the molecule is N#Cc1nc(-c2cnn(-c3c(Cl)cc(C(F)(F)F)cc3Cl)c2)[nH]c1C#N. The van der Waals surface area contributed by atoms with Crippen LogP contribution in [0.1, 0.15) is 17.0 Å². The fourth-order valence-electron chi connectivity index (χ4n) is 2.19. The van der Waals surface area contributed by atoms with Crippen LogP contribution in [-0.2, 0) is 6.18 Å². The Hall–Kier alpha value is -3.01. The van der Waals surface area contributed by atoms with Crippen molar-refractivity contribution < 1.29 is 13.2 Å². The number of halogens is 5. The van der Waals surface area contributed by atoms with Gasteiger partial charge in [0.2, 0.25) is 0 Å². The maximum Gasteiger partial charge on any atom is 0.416 e. The number of nitrogens with one attached hydrogen (secondary N) is 1. The van der Waals surface area contributed by atoms with Crippen LogP contribution in [0.15, 0.2) is 24.5 Å². The molecule has 0 aliphatic carbocycles. The van der Waals surface area contributed by atoms with Gasteiger partial charge in [-0.3, -0.25) is 0 Å². The summed E-state index contributed by atoms with van der Waals surface area (Å²) in [7, 11) is 0. The minimum Gasteiger partial charge on any atom is -0.329 e. The van der Waals surface area contributed by atoms with Crippen molar-refractivity contribution in [2.75, 3.05) is 0 Å². The number of nitriles is 2. The van der Waals surface area contributed by atoms with Crippen LogP contribution >= 0.6 is 23.2 Å². The van der Waals surface area contributed by atoms with E-state index in [1.54, 1.807) is 12.1 Å². The van der Waals surface area contributed by atoms with Gasteiger partial charge < -0.3 is 4.98 Å². The van der Waals surface area contributed by atoms with E-state index in [1.165, 1.54) is 17.1 Å². The highest BCUT2D eigenvalue weighted by Crippen LogP contribution is 2.37. The summed E-state index contributed by atoms with van der Waals surface area (Å²) in [6, 6.07) is 5.07. The first-order valence-corrected chi connectivity index (χ1v) is 7.52. The second-order valence-corrected chi connectivity index (χ2v) is 5.81. The van der Waals surface area contributed by atoms with Crippen molar-refractivity contribution in [3.05, 3.63) is 51.5 Å². The first kappa shape index (κ1) is 17.8. The predicted octanol–water partition coefficient (Wildman–Crippen LogP) is 4.33. The number of H-pyrrole nitrogens is 1. The van der Waals surface area contributed by atoms with Crippen molar-refractivity contribution >= 4 is 23.2 Å². The third-order valence-corrected chi connectivity index (χ3v) is 3.93. The average Bonchev–Trinajstić information content (AvgIpc) is 3.19. The van der Waals surface area contributed by atoms with Crippen LogP contribution in [0.2, 0.25) is 10.0 Å². The van der Waals surface area contributed by atoms with Gasteiger partial charge in [-0.2, -0.15) is 28.8 Å². The van der Waals surface area contributed by atoms with E-state index in [0.29, 0.717) is 5.56 Å². The zero-order chi connectivity index (χ0) is 19.1. The van der Waals surface area contributed by atoms with Crippen LogP contribution in [-0.4, -0.2) is 19.7 Å². The number of aromatic amines is 1. The molecule has 3 rings (SSSR count). The Balaban J connectivity index is 2.05. The van der Waals surface area contributed by atoms with Gasteiger partial charge in [0, 0.05) is 6.20 Å². The van der Waals surface area contributed by atoms with Crippen LogP contribution in [0.25, 0.3) is 17.1 Å². The van der Waals surface area contributed by atoms with Crippen LogP contribution in [0, 0.1) is 22.7 Å². The molecule has 3 aromatic rings. The van der Waals surface area contributed by atoms with Crippen LogP contribution in [0.3, 0.4) is 0 Å². The Labute approximate surface area is 154 Å². The fraction of sp³-hybridized carbons (Fsp3) is 0.0667. The summed E-state index contributed by atoms with van der Waals surface area (Å²) < 4.78 is 39.6. The van der Waals surface area contributed by atoms with Crippen LogP contribution < -0.4 is 0 Å². The second kappa shape index (κ2) is 6.37. The summed E-state index contributed by atoms with van der Waals surface area (Å²) in [5, 5.41) is 21.4. The van der Waals surface area contributed by atoms with Gasteiger partial charge in [-0.25, -0.2) is 9.67 Å². The minimum atomic E-state index is -4.59. The largest absolute Gasteiger partial charge is 0.416 e. The Kier molecular flexibility index (Phi) is 4.36. The molecule has 0 unspecified atom stereocenters. The number of benzene rings is 1. The van der Waals surface area contributed by atoms with Crippen molar-refractivity contribution in [2.45, 2.75) is 6.18 Å². The quantitative estimate of drug-likeness (QED) is 0.697. The lowest BCUT2D eigenvalue weighted by Gasteiger charge is -2.12. The van der Waals surface area contributed by atoms with E-state index in [4.69, 9.17) is 33.7 Å². The molecule has 1 aromatic carbocycles. The van der Waals surface area contributed by atoms with E-state index in [0.717, 1.165) is 12.1 Å². The van der Waals surface area contributed by atoms with E-state index in [2.05, 4.69) is 15.1 Å². The van der Waals surface area contributed by atoms with Gasteiger partial charge in [0.25, 0.3) is 0 Å². The van der Waals surface area contributed by atoms with Gasteiger partial charge in [0.15, 0.2) is 11.4 Å². The molecule has 2 aromatic heterocycles. The Morgan fingerprint density at radius 2 is 1.77 bits per heavy atom. The maximum absolute atomic E-state index is 12.8. The lowest BCUT2D eigenvalue weighted by atomic mass is 10.2. The van der Waals surface area contributed by atoms with Gasteiger partial charge in [-0.15, -0.1) is 0 Å². The fourth-order valence-corrected chi connectivity index (χ4v) is 2.85. The molecule has 0 fully saturated rings. The number of imidazole rings is 1. The molecule has 26 heavy (non-hydrogen) atoms. The van der Waals surface area contributed by atoms with E-state index in [-0.39, 0.29) is 32.9 Å². The molecule has 0 bridgehead atoms. The highest BCUT2D eigenvalue weighted by Gasteiger charge is 2.32. The topological polar surface area (TPSA) is 94.1 Å². The average molecular weight is 397 g/mol. The van der Waals surface area contributed by atoms with Gasteiger partial charge in [0.1, 0.15) is 23.7 Å². The van der Waals surface area contributed by atoms with Gasteiger partial charge >= 0.3 is 6.18 Å². The highest BCUT2D eigenvalue weighted by atomic mass is 35.5. The third-order valence-electron chi connectivity index (χ3n) is 3.35. The monoisotopic (exact) mass is 396 g/mol. The van der Waals surface area contributed by atoms with Crippen molar-refractivity contribution in [2.24, 2.45) is 0 Å². The first-order chi connectivity index (χ1) is 12.2. The van der Waals surface area contributed by atoms with Crippen molar-refractivity contribution in [1.29, 1.82) is 10.5 Å². The molecule has 2 heterocycles. The Bertz CT molecular complexity index is 1030. The van der Waals surface area contributed by atoms with E-state index in [9.17, 15) is 13.2 Å². The molecule has 0 saturated carbocycles. The van der Waals surface area contributed by atoms with Gasteiger partial charge in [0.05, 0.1) is 27.4 Å². The smallest absolute Gasteiger partial charge is 0.329 e. The molecule has 0 saturated heterocycles. The molecule has 0 aliphatic heterocycles. The summed E-state index contributed by atoms with van der Waals surface area (Å²) in [5.74, 6) is 0.198. The number of hydrogen-bond acceptors (Lipinski definition) is 4. The van der Waals surface area contributed by atoms with Crippen LogP contribution in [0.4, 0.5) is 13.2 Å². The molecular weight excluding hydrogens is 392 g/mol. The second-order valence-electron chi connectivity index (χ2n) is 4.99. The molecule has 130 valence electrons. The van der Waals surface area contributed by atoms with Gasteiger partial charge in [-0.1, -0.05) is 23.2 Å². The zero-order valence-corrected chi connectivity index (χ0v) is 13.9. The van der Waals surface area contributed by atoms with Crippen molar-refractivity contribution in [3.8, 4) is 29.2 Å². The third kappa shape index (κ3) is 3.10. The first-order valence-electron chi connectivity index (χ1n) is 6.76. The number of rotatable bonds is 2. The molecular formula is C15H5Cl2F3N6. The standard InChI is InChI=1S/C15H5Cl2F3N6/c16-9-1-8(15(18,19)20)2-10(17)13(9)26-6-7(5-23-26)14-24-11(3-21)12(4-22)25-14/h1-2,5-6H,(H,24,25). The predicted molar refractivity (Wildman–Crippen MR) is 85.6 cm³/mol. The van der Waals surface area contributed by atoms with Crippen molar-refractivity contribution in [3.63, 3.8) is 0 Å². The molecule has 1 N–H and O–H groups in total. The lowest BCUT2D eigenvalue weighted by molar-refractivity contribution is -0.137. The van der Waals surface area contributed by atoms with E-state index >= 15 is 0 Å². The minimum absolute atomic E-state index is 0.0131. The van der Waals surface area contributed by atoms with Gasteiger partial charge in [-0.05, 0) is 12.1 Å². The molecule has 0 atom stereocenters. The summed E-state index contributed by atoms with van der Waals surface area (Å²) in [4.78, 5) is 6.62. The molecule has 0 aliphatic rings. The van der Waals surface area contributed by atoms with E-state index < -0.39 is 11.7 Å². The highest BCUT2D eigenvalue weighted by molar-refractivity contribution is 6.37. The molecule has 0 radical (unpaired) electrons. The number of nitrogens with zero attached hydrogens (tertiary/aromatic N) is 5. The molecule has 0 spiro atoms. The van der Waals surface area contributed by atoms with Crippen LogP contribution in [0.5, 0.6) is 0 Å². The lowest BCUT2D eigenvalue weighted by Crippen LogP contribution is -2.06. The summed E-state index contributed by atoms with van der Waals surface area (Å²) in [6.45, 7) is 0. The molecule has 6 nitrogen and oxygen atoms in total. The number of hydrogen-bond donors (Lipinski definition) is 1. The normalized spacial score (nSPS) is 11.2. The summed E-state index contributed by atoms with van der Waals surface area (Å²) in [6.07, 6.45) is -1.84. The molecule has 11 heteroatoms. The summed E-state index contributed by atoms with van der Waals surface area (Å²) in [5.41, 5.74) is -0.635. The maximum atomic E-state index is 12.8. The van der Waals surface area contributed by atoms with Crippen molar-refractivity contribution in [1.82, 2.24) is 19.7 Å².